The fraction of sp³-hybridized carbons (Fsp3) is 0.438. The van der Waals surface area contributed by atoms with Crippen molar-refractivity contribution >= 4 is 16.9 Å². The summed E-state index contributed by atoms with van der Waals surface area (Å²) in [6, 6.07) is 10.8. The van der Waals surface area contributed by atoms with Crippen LogP contribution in [0.3, 0.4) is 0 Å². The molecular formula is C16H22N2O2. The van der Waals surface area contributed by atoms with Gasteiger partial charge >= 0.3 is 5.97 Å². The number of carbonyl (C=O) groups is 1. The van der Waals surface area contributed by atoms with Gasteiger partial charge in [-0.05, 0) is 43.8 Å². The van der Waals surface area contributed by atoms with Crippen molar-refractivity contribution < 1.29 is 9.90 Å². The second-order valence-corrected chi connectivity index (χ2v) is 5.21. The Bertz CT molecular complexity index is 562. The number of hydrogen-bond donors (Lipinski definition) is 2. The van der Waals surface area contributed by atoms with E-state index in [9.17, 15) is 4.79 Å². The van der Waals surface area contributed by atoms with Gasteiger partial charge in [0, 0.05) is 30.7 Å². The SMILES string of the molecule is CC(CCC(=O)O)NCCCn1ccc2ccccc21. The van der Waals surface area contributed by atoms with Gasteiger partial charge in [-0.3, -0.25) is 4.79 Å². The second kappa shape index (κ2) is 7.10. The summed E-state index contributed by atoms with van der Waals surface area (Å²) in [4.78, 5) is 10.5. The Hall–Kier alpha value is -1.81. The van der Waals surface area contributed by atoms with Gasteiger partial charge in [-0.2, -0.15) is 0 Å². The van der Waals surface area contributed by atoms with Crippen LogP contribution in [-0.4, -0.2) is 28.2 Å². The maximum absolute atomic E-state index is 10.5. The molecule has 0 aliphatic carbocycles. The molecule has 2 N–H and O–H groups in total. The average molecular weight is 274 g/mol. The lowest BCUT2D eigenvalue weighted by Gasteiger charge is -2.13. The Kier molecular flexibility index (Phi) is 5.18. The van der Waals surface area contributed by atoms with E-state index >= 15 is 0 Å². The molecule has 1 atom stereocenters. The molecule has 0 fully saturated rings. The number of para-hydroxylation sites is 1. The molecule has 2 rings (SSSR count). The highest BCUT2D eigenvalue weighted by atomic mass is 16.4. The third kappa shape index (κ3) is 4.10. The molecule has 0 spiro atoms. The first-order valence-electron chi connectivity index (χ1n) is 7.16. The largest absolute Gasteiger partial charge is 0.481 e. The van der Waals surface area contributed by atoms with Gasteiger partial charge in [0.15, 0.2) is 0 Å². The van der Waals surface area contributed by atoms with E-state index in [2.05, 4.69) is 46.4 Å². The van der Waals surface area contributed by atoms with Gasteiger partial charge in [0.1, 0.15) is 0 Å². The number of fused-ring (bicyclic) bond motifs is 1. The predicted octanol–water partition coefficient (Wildman–Crippen LogP) is 2.87. The van der Waals surface area contributed by atoms with Crippen LogP contribution in [0.15, 0.2) is 36.5 Å². The van der Waals surface area contributed by atoms with Crippen LogP contribution in [0.2, 0.25) is 0 Å². The van der Waals surface area contributed by atoms with Crippen molar-refractivity contribution in [1.29, 1.82) is 0 Å². The number of rotatable bonds is 8. The number of benzene rings is 1. The van der Waals surface area contributed by atoms with Crippen molar-refractivity contribution in [2.24, 2.45) is 0 Å². The zero-order valence-electron chi connectivity index (χ0n) is 11.9. The number of hydrogen-bond acceptors (Lipinski definition) is 2. The molecule has 1 aromatic carbocycles. The summed E-state index contributed by atoms with van der Waals surface area (Å²) in [7, 11) is 0. The van der Waals surface area contributed by atoms with Gasteiger partial charge in [-0.15, -0.1) is 0 Å². The third-order valence-corrected chi connectivity index (χ3v) is 3.54. The van der Waals surface area contributed by atoms with Crippen molar-refractivity contribution in [2.75, 3.05) is 6.54 Å². The summed E-state index contributed by atoms with van der Waals surface area (Å²) < 4.78 is 2.26. The molecule has 0 aliphatic heterocycles. The molecule has 20 heavy (non-hydrogen) atoms. The first-order valence-corrected chi connectivity index (χ1v) is 7.16. The van der Waals surface area contributed by atoms with E-state index in [1.54, 1.807) is 0 Å². The van der Waals surface area contributed by atoms with E-state index in [-0.39, 0.29) is 12.5 Å². The molecule has 1 aromatic heterocycles. The standard InChI is InChI=1S/C16H22N2O2/c1-13(7-8-16(19)20)17-10-4-11-18-12-9-14-5-2-3-6-15(14)18/h2-3,5-6,9,12-13,17H,4,7-8,10-11H2,1H3,(H,19,20). The molecule has 0 bridgehead atoms. The summed E-state index contributed by atoms with van der Waals surface area (Å²) in [5, 5.41) is 13.3. The zero-order chi connectivity index (χ0) is 14.4. The highest BCUT2D eigenvalue weighted by Gasteiger charge is 2.04. The molecule has 0 radical (unpaired) electrons. The highest BCUT2D eigenvalue weighted by molar-refractivity contribution is 5.79. The normalized spacial score (nSPS) is 12.7. The van der Waals surface area contributed by atoms with E-state index in [0.717, 1.165) is 19.5 Å². The Morgan fingerprint density at radius 1 is 1.35 bits per heavy atom. The number of aromatic nitrogens is 1. The Labute approximate surface area is 119 Å². The van der Waals surface area contributed by atoms with Crippen LogP contribution in [-0.2, 0) is 11.3 Å². The van der Waals surface area contributed by atoms with Crippen LogP contribution in [0, 0.1) is 0 Å². The van der Waals surface area contributed by atoms with Gasteiger partial charge in [-0.25, -0.2) is 0 Å². The van der Waals surface area contributed by atoms with E-state index in [4.69, 9.17) is 5.11 Å². The van der Waals surface area contributed by atoms with Gasteiger partial charge in [-0.1, -0.05) is 18.2 Å². The Balaban J connectivity index is 1.72. The van der Waals surface area contributed by atoms with Gasteiger partial charge < -0.3 is 15.0 Å². The number of aryl methyl sites for hydroxylation is 1. The predicted molar refractivity (Wildman–Crippen MR) is 80.9 cm³/mol. The van der Waals surface area contributed by atoms with Gasteiger partial charge in [0.05, 0.1) is 0 Å². The van der Waals surface area contributed by atoms with E-state index < -0.39 is 5.97 Å². The minimum absolute atomic E-state index is 0.233. The van der Waals surface area contributed by atoms with Crippen LogP contribution in [0.4, 0.5) is 0 Å². The minimum atomic E-state index is -0.725. The molecule has 0 saturated heterocycles. The number of carboxylic acid groups (broad SMARTS) is 1. The number of nitrogens with one attached hydrogen (secondary N) is 1. The Morgan fingerprint density at radius 3 is 2.95 bits per heavy atom. The van der Waals surface area contributed by atoms with E-state index in [1.165, 1.54) is 10.9 Å². The molecule has 1 unspecified atom stereocenters. The number of nitrogens with zero attached hydrogens (tertiary/aromatic N) is 1. The highest BCUT2D eigenvalue weighted by Crippen LogP contribution is 2.15. The lowest BCUT2D eigenvalue weighted by Crippen LogP contribution is -2.28. The minimum Gasteiger partial charge on any atom is -0.481 e. The van der Waals surface area contributed by atoms with Gasteiger partial charge in [0.25, 0.3) is 0 Å². The summed E-state index contributed by atoms with van der Waals surface area (Å²) >= 11 is 0. The second-order valence-electron chi connectivity index (χ2n) is 5.21. The molecule has 0 saturated carbocycles. The fourth-order valence-electron chi connectivity index (χ4n) is 2.38. The molecule has 0 amide bonds. The number of aliphatic carboxylic acids is 1. The summed E-state index contributed by atoms with van der Waals surface area (Å²) in [5.41, 5.74) is 1.27. The third-order valence-electron chi connectivity index (χ3n) is 3.54. The summed E-state index contributed by atoms with van der Waals surface area (Å²) in [6.45, 7) is 3.92. The maximum atomic E-state index is 10.5. The monoisotopic (exact) mass is 274 g/mol. The van der Waals surface area contributed by atoms with Crippen LogP contribution in [0.1, 0.15) is 26.2 Å². The van der Waals surface area contributed by atoms with Crippen molar-refractivity contribution in [1.82, 2.24) is 9.88 Å². The molecule has 108 valence electrons. The molecular weight excluding hydrogens is 252 g/mol. The first kappa shape index (κ1) is 14.6. The van der Waals surface area contributed by atoms with Crippen LogP contribution in [0.25, 0.3) is 10.9 Å². The smallest absolute Gasteiger partial charge is 0.303 e. The van der Waals surface area contributed by atoms with Crippen LogP contribution >= 0.6 is 0 Å². The van der Waals surface area contributed by atoms with Crippen molar-refractivity contribution in [3.8, 4) is 0 Å². The average Bonchev–Trinajstić information content (AvgIpc) is 2.85. The summed E-state index contributed by atoms with van der Waals surface area (Å²) in [5.74, 6) is -0.725. The van der Waals surface area contributed by atoms with E-state index in [0.29, 0.717) is 6.42 Å². The lowest BCUT2D eigenvalue weighted by molar-refractivity contribution is -0.137. The molecule has 0 aliphatic rings. The molecule has 4 heteroatoms. The number of carboxylic acids is 1. The van der Waals surface area contributed by atoms with Crippen molar-refractivity contribution in [3.05, 3.63) is 36.5 Å². The van der Waals surface area contributed by atoms with Crippen molar-refractivity contribution in [2.45, 2.75) is 38.8 Å². The quantitative estimate of drug-likeness (QED) is 0.728. The zero-order valence-corrected chi connectivity index (χ0v) is 11.9. The molecule has 4 nitrogen and oxygen atoms in total. The summed E-state index contributed by atoms with van der Waals surface area (Å²) in [6.07, 6.45) is 4.08. The van der Waals surface area contributed by atoms with Crippen LogP contribution in [0.5, 0.6) is 0 Å². The van der Waals surface area contributed by atoms with Crippen molar-refractivity contribution in [3.63, 3.8) is 0 Å². The maximum Gasteiger partial charge on any atom is 0.303 e. The lowest BCUT2D eigenvalue weighted by atomic mass is 10.2. The molecule has 1 heterocycles. The Morgan fingerprint density at radius 2 is 2.15 bits per heavy atom. The topological polar surface area (TPSA) is 54.3 Å². The first-order chi connectivity index (χ1) is 9.66. The molecule has 2 aromatic rings. The van der Waals surface area contributed by atoms with E-state index in [1.807, 2.05) is 6.92 Å². The van der Waals surface area contributed by atoms with Crippen LogP contribution < -0.4 is 5.32 Å². The fourth-order valence-corrected chi connectivity index (χ4v) is 2.38. The van der Waals surface area contributed by atoms with Gasteiger partial charge in [0.2, 0.25) is 0 Å².